The summed E-state index contributed by atoms with van der Waals surface area (Å²) in [7, 11) is -3.82. The van der Waals surface area contributed by atoms with Crippen molar-refractivity contribution in [2.75, 3.05) is 24.2 Å². The molecule has 0 fully saturated rings. The lowest BCUT2D eigenvalue weighted by atomic mass is 10.0. The molecule has 2 aromatic rings. The SMILES string of the molecule is CC(CCn1ccc(C2=CCN(c3ncccn3)CC2)cc1=O)(C(=O)NO)S(C)(=O)=O. The van der Waals surface area contributed by atoms with E-state index in [2.05, 4.69) is 9.97 Å². The van der Waals surface area contributed by atoms with E-state index in [1.54, 1.807) is 30.7 Å². The zero-order valence-corrected chi connectivity index (χ0v) is 18.2. The van der Waals surface area contributed by atoms with Crippen LogP contribution in [0.4, 0.5) is 5.95 Å². The van der Waals surface area contributed by atoms with Gasteiger partial charge in [0.25, 0.3) is 11.5 Å². The van der Waals surface area contributed by atoms with Gasteiger partial charge in [-0.25, -0.2) is 23.9 Å². The first kappa shape index (κ1) is 22.6. The third kappa shape index (κ3) is 4.83. The molecule has 1 amide bonds. The van der Waals surface area contributed by atoms with Crippen LogP contribution in [-0.4, -0.2) is 58.2 Å². The van der Waals surface area contributed by atoms with E-state index < -0.39 is 20.5 Å². The van der Waals surface area contributed by atoms with Gasteiger partial charge in [-0.15, -0.1) is 0 Å². The van der Waals surface area contributed by atoms with Gasteiger partial charge < -0.3 is 9.47 Å². The van der Waals surface area contributed by atoms with Gasteiger partial charge in [0.05, 0.1) is 0 Å². The molecule has 3 rings (SSSR count). The maximum absolute atomic E-state index is 12.6. The molecule has 0 bridgehead atoms. The van der Waals surface area contributed by atoms with Gasteiger partial charge in [-0.1, -0.05) is 6.08 Å². The fourth-order valence-electron chi connectivity index (χ4n) is 3.38. The molecule has 10 nitrogen and oxygen atoms in total. The molecular formula is C20H25N5O5S. The van der Waals surface area contributed by atoms with E-state index in [4.69, 9.17) is 5.21 Å². The molecule has 1 atom stereocenters. The Balaban J connectivity index is 1.73. The third-order valence-corrected chi connectivity index (χ3v) is 7.67. The highest BCUT2D eigenvalue weighted by atomic mass is 32.2. The summed E-state index contributed by atoms with van der Waals surface area (Å²) in [6.45, 7) is 2.59. The van der Waals surface area contributed by atoms with Crippen LogP contribution in [0.25, 0.3) is 5.57 Å². The van der Waals surface area contributed by atoms with Crippen molar-refractivity contribution in [3.63, 3.8) is 0 Å². The average molecular weight is 448 g/mol. The molecule has 0 aromatic carbocycles. The molecule has 31 heavy (non-hydrogen) atoms. The predicted octanol–water partition coefficient (Wildman–Crippen LogP) is 0.631. The Morgan fingerprint density at radius 2 is 2.03 bits per heavy atom. The maximum Gasteiger partial charge on any atom is 0.264 e. The molecule has 2 aromatic heterocycles. The fourth-order valence-corrected chi connectivity index (χ4v) is 4.22. The van der Waals surface area contributed by atoms with Gasteiger partial charge in [-0.2, -0.15) is 0 Å². The van der Waals surface area contributed by atoms with Crippen LogP contribution in [-0.2, 0) is 21.2 Å². The van der Waals surface area contributed by atoms with Gasteiger partial charge in [-0.05, 0) is 43.0 Å². The van der Waals surface area contributed by atoms with Gasteiger partial charge in [0.15, 0.2) is 14.6 Å². The summed E-state index contributed by atoms with van der Waals surface area (Å²) in [4.78, 5) is 35.0. The molecule has 0 aliphatic carbocycles. The van der Waals surface area contributed by atoms with E-state index in [0.717, 1.165) is 30.4 Å². The van der Waals surface area contributed by atoms with Crippen LogP contribution >= 0.6 is 0 Å². The molecule has 3 heterocycles. The molecule has 11 heteroatoms. The number of aryl methyl sites for hydroxylation is 1. The van der Waals surface area contributed by atoms with E-state index >= 15 is 0 Å². The molecule has 166 valence electrons. The van der Waals surface area contributed by atoms with Crippen LogP contribution < -0.4 is 15.9 Å². The Hall–Kier alpha value is -3.05. The molecule has 0 radical (unpaired) electrons. The number of rotatable bonds is 7. The minimum atomic E-state index is -3.82. The third-order valence-electron chi connectivity index (χ3n) is 5.64. The number of carbonyl (C=O) groups excluding carboxylic acids is 1. The second-order valence-corrected chi connectivity index (χ2v) is 10.1. The number of nitrogens with zero attached hydrogens (tertiary/aromatic N) is 4. The fraction of sp³-hybridized carbons (Fsp3) is 0.400. The van der Waals surface area contributed by atoms with E-state index in [-0.39, 0.29) is 18.5 Å². The molecule has 2 N–H and O–H groups in total. The number of pyridine rings is 1. The summed E-state index contributed by atoms with van der Waals surface area (Å²) in [6, 6.07) is 5.06. The Morgan fingerprint density at radius 3 is 2.58 bits per heavy atom. The van der Waals surface area contributed by atoms with Crippen molar-refractivity contribution < 1.29 is 18.4 Å². The lowest BCUT2D eigenvalue weighted by molar-refractivity contribution is -0.131. The number of anilines is 1. The molecule has 1 unspecified atom stereocenters. The van der Waals surface area contributed by atoms with E-state index in [0.29, 0.717) is 12.5 Å². The Morgan fingerprint density at radius 1 is 1.32 bits per heavy atom. The molecule has 1 aliphatic heterocycles. The smallest absolute Gasteiger partial charge is 0.264 e. The second-order valence-electron chi connectivity index (χ2n) is 7.62. The predicted molar refractivity (Wildman–Crippen MR) is 115 cm³/mol. The normalized spacial score (nSPS) is 16.4. The number of nitrogens with one attached hydrogen (secondary N) is 1. The molecular weight excluding hydrogens is 422 g/mol. The van der Waals surface area contributed by atoms with Crippen molar-refractivity contribution in [1.29, 1.82) is 0 Å². The maximum atomic E-state index is 12.6. The molecule has 0 saturated carbocycles. The zero-order valence-electron chi connectivity index (χ0n) is 17.4. The summed E-state index contributed by atoms with van der Waals surface area (Å²) >= 11 is 0. The molecule has 1 aliphatic rings. The minimum Gasteiger partial charge on any atom is -0.337 e. The number of amides is 1. The number of aromatic nitrogens is 3. The van der Waals surface area contributed by atoms with Crippen molar-refractivity contribution in [3.05, 3.63) is 58.8 Å². The highest BCUT2D eigenvalue weighted by molar-refractivity contribution is 7.92. The van der Waals surface area contributed by atoms with Gasteiger partial charge in [-0.3, -0.25) is 14.8 Å². The van der Waals surface area contributed by atoms with Crippen LogP contribution in [0.1, 0.15) is 25.3 Å². The van der Waals surface area contributed by atoms with Crippen molar-refractivity contribution in [3.8, 4) is 0 Å². The van der Waals surface area contributed by atoms with Crippen LogP contribution in [0.5, 0.6) is 0 Å². The number of carbonyl (C=O) groups is 1. The second kappa shape index (κ2) is 8.98. The summed E-state index contributed by atoms with van der Waals surface area (Å²) < 4.78 is 23.6. The highest BCUT2D eigenvalue weighted by Gasteiger charge is 2.43. The number of hydrogen-bond acceptors (Lipinski definition) is 8. The van der Waals surface area contributed by atoms with E-state index in [9.17, 15) is 18.0 Å². The first-order valence-electron chi connectivity index (χ1n) is 9.72. The van der Waals surface area contributed by atoms with Crippen LogP contribution in [0, 0.1) is 0 Å². The van der Waals surface area contributed by atoms with Crippen molar-refractivity contribution in [1.82, 2.24) is 20.0 Å². The summed E-state index contributed by atoms with van der Waals surface area (Å²) in [5.74, 6) is -0.368. The standard InChI is InChI=1S/C20H25N5O5S/c1-20(18(27)23-28,31(2,29)30)7-13-24-10-6-16(14-17(24)26)15-4-11-25(12-5-15)19-21-8-3-9-22-19/h3-4,6,8-10,14,28H,5,7,11-13H2,1-2H3,(H,23,27). The average Bonchev–Trinajstić information content (AvgIpc) is 2.77. The number of hydroxylamine groups is 1. The van der Waals surface area contributed by atoms with Gasteiger partial charge in [0.2, 0.25) is 5.95 Å². The minimum absolute atomic E-state index is 0.00821. The van der Waals surface area contributed by atoms with Crippen LogP contribution in [0.2, 0.25) is 0 Å². The van der Waals surface area contributed by atoms with Crippen molar-refractivity contribution in [2.45, 2.75) is 31.1 Å². The lowest BCUT2D eigenvalue weighted by Gasteiger charge is -2.26. The molecule has 0 saturated heterocycles. The summed E-state index contributed by atoms with van der Waals surface area (Å²) in [5, 5.41) is 8.91. The van der Waals surface area contributed by atoms with Crippen molar-refractivity contribution in [2.24, 2.45) is 0 Å². The van der Waals surface area contributed by atoms with E-state index in [1.165, 1.54) is 23.0 Å². The highest BCUT2D eigenvalue weighted by Crippen LogP contribution is 2.24. The van der Waals surface area contributed by atoms with Gasteiger partial charge in [0, 0.05) is 50.5 Å². The largest absolute Gasteiger partial charge is 0.337 e. The quantitative estimate of drug-likeness (QED) is 0.466. The topological polar surface area (TPSA) is 134 Å². The summed E-state index contributed by atoms with van der Waals surface area (Å²) in [6.07, 6.45) is 8.50. The Kier molecular flexibility index (Phi) is 6.56. The lowest BCUT2D eigenvalue weighted by Crippen LogP contribution is -2.49. The number of sulfone groups is 1. The zero-order chi connectivity index (χ0) is 22.6. The van der Waals surface area contributed by atoms with Crippen LogP contribution in [0.3, 0.4) is 0 Å². The van der Waals surface area contributed by atoms with Crippen molar-refractivity contribution >= 4 is 27.3 Å². The monoisotopic (exact) mass is 447 g/mol. The molecule has 0 spiro atoms. The first-order valence-corrected chi connectivity index (χ1v) is 11.6. The summed E-state index contributed by atoms with van der Waals surface area (Å²) in [5.41, 5.74) is 2.94. The Labute approximate surface area is 180 Å². The van der Waals surface area contributed by atoms with Gasteiger partial charge >= 0.3 is 0 Å². The first-order chi connectivity index (χ1) is 14.7. The van der Waals surface area contributed by atoms with Gasteiger partial charge in [0.1, 0.15) is 0 Å². The van der Waals surface area contributed by atoms with Crippen LogP contribution in [0.15, 0.2) is 47.7 Å². The number of hydrogen-bond donors (Lipinski definition) is 2. The van der Waals surface area contributed by atoms with E-state index in [1.807, 2.05) is 11.0 Å². The Bertz CT molecular complexity index is 1150.